The van der Waals surface area contributed by atoms with Crippen molar-refractivity contribution in [2.45, 2.75) is 0 Å². The van der Waals surface area contributed by atoms with E-state index in [-0.39, 0.29) is 5.82 Å². The SMILES string of the molecule is Fc1ccc2c(c1)c(-c1ccccc1)c(-c1ccccc1)n2-c1ncccn1. The van der Waals surface area contributed by atoms with Gasteiger partial charge < -0.3 is 0 Å². The second-order valence-electron chi connectivity index (χ2n) is 6.50. The maximum Gasteiger partial charge on any atom is 0.234 e. The summed E-state index contributed by atoms with van der Waals surface area (Å²) in [6.45, 7) is 0. The van der Waals surface area contributed by atoms with Crippen LogP contribution < -0.4 is 0 Å². The number of rotatable bonds is 3. The van der Waals surface area contributed by atoms with Gasteiger partial charge in [0, 0.05) is 23.3 Å². The summed E-state index contributed by atoms with van der Waals surface area (Å²) in [6, 6.07) is 26.8. The van der Waals surface area contributed by atoms with E-state index in [1.54, 1.807) is 30.6 Å². The highest BCUT2D eigenvalue weighted by atomic mass is 19.1. The van der Waals surface area contributed by atoms with Gasteiger partial charge in [-0.15, -0.1) is 0 Å². The lowest BCUT2D eigenvalue weighted by molar-refractivity contribution is 0.629. The third-order valence-electron chi connectivity index (χ3n) is 4.79. The predicted octanol–water partition coefficient (Wildman–Crippen LogP) is 5.89. The molecule has 3 aromatic carbocycles. The third kappa shape index (κ3) is 2.67. The van der Waals surface area contributed by atoms with E-state index in [2.05, 4.69) is 22.1 Å². The monoisotopic (exact) mass is 365 g/mol. The molecule has 5 rings (SSSR count). The molecule has 2 heterocycles. The standard InChI is InChI=1S/C24H16FN3/c25-19-12-13-21-20(16-19)22(17-8-3-1-4-9-17)23(18-10-5-2-6-11-18)28(21)24-26-14-7-15-27-24/h1-16H. The molecule has 0 N–H and O–H groups in total. The normalized spacial score (nSPS) is 11.0. The van der Waals surface area contributed by atoms with Crippen LogP contribution >= 0.6 is 0 Å². The first-order valence-corrected chi connectivity index (χ1v) is 9.05. The number of nitrogens with zero attached hydrogens (tertiary/aromatic N) is 3. The lowest BCUT2D eigenvalue weighted by atomic mass is 9.98. The number of benzene rings is 3. The van der Waals surface area contributed by atoms with Crippen molar-refractivity contribution < 1.29 is 4.39 Å². The van der Waals surface area contributed by atoms with Gasteiger partial charge >= 0.3 is 0 Å². The van der Waals surface area contributed by atoms with Crippen LogP contribution in [-0.4, -0.2) is 14.5 Å². The van der Waals surface area contributed by atoms with Gasteiger partial charge in [-0.05, 0) is 35.4 Å². The van der Waals surface area contributed by atoms with E-state index in [0.717, 1.165) is 33.3 Å². The highest BCUT2D eigenvalue weighted by Crippen LogP contribution is 2.42. The minimum Gasteiger partial charge on any atom is -0.277 e. The molecule has 0 spiro atoms. The van der Waals surface area contributed by atoms with Crippen molar-refractivity contribution in [3.05, 3.63) is 103 Å². The molecule has 0 aliphatic heterocycles. The molecule has 0 bridgehead atoms. The Kier molecular flexibility index (Phi) is 3.95. The van der Waals surface area contributed by atoms with E-state index in [1.165, 1.54) is 6.07 Å². The molecule has 0 radical (unpaired) electrons. The Labute approximate surface area is 161 Å². The average molecular weight is 365 g/mol. The zero-order chi connectivity index (χ0) is 18.9. The molecule has 0 aliphatic carbocycles. The van der Waals surface area contributed by atoms with Crippen LogP contribution in [0.25, 0.3) is 39.2 Å². The number of aromatic nitrogens is 3. The van der Waals surface area contributed by atoms with Gasteiger partial charge in [-0.3, -0.25) is 4.57 Å². The minimum atomic E-state index is -0.268. The van der Waals surface area contributed by atoms with E-state index >= 15 is 0 Å². The van der Waals surface area contributed by atoms with Gasteiger partial charge in [-0.25, -0.2) is 14.4 Å². The summed E-state index contributed by atoms with van der Waals surface area (Å²) >= 11 is 0. The Hall–Kier alpha value is -3.79. The summed E-state index contributed by atoms with van der Waals surface area (Å²) in [5.41, 5.74) is 4.81. The quantitative estimate of drug-likeness (QED) is 0.399. The molecule has 5 aromatic rings. The summed E-state index contributed by atoms with van der Waals surface area (Å²) in [5, 5.41) is 0.831. The first-order chi connectivity index (χ1) is 13.8. The molecule has 0 aliphatic rings. The first kappa shape index (κ1) is 16.4. The molecule has 134 valence electrons. The fraction of sp³-hybridized carbons (Fsp3) is 0. The van der Waals surface area contributed by atoms with Crippen LogP contribution in [0.15, 0.2) is 97.3 Å². The van der Waals surface area contributed by atoms with Crippen molar-refractivity contribution in [1.29, 1.82) is 0 Å². The van der Waals surface area contributed by atoms with Gasteiger partial charge in [-0.2, -0.15) is 0 Å². The van der Waals surface area contributed by atoms with Crippen LogP contribution in [0.3, 0.4) is 0 Å². The van der Waals surface area contributed by atoms with Crippen LogP contribution in [0.4, 0.5) is 4.39 Å². The molecule has 0 fully saturated rings. The van der Waals surface area contributed by atoms with Gasteiger partial charge in [0.2, 0.25) is 5.95 Å². The van der Waals surface area contributed by atoms with Gasteiger partial charge in [0.05, 0.1) is 11.2 Å². The number of halogens is 1. The summed E-state index contributed by atoms with van der Waals surface area (Å²) < 4.78 is 16.2. The Morgan fingerprint density at radius 1 is 0.679 bits per heavy atom. The molecule has 0 saturated heterocycles. The highest BCUT2D eigenvalue weighted by molar-refractivity contribution is 6.05. The molecular weight excluding hydrogens is 349 g/mol. The van der Waals surface area contributed by atoms with Gasteiger partial charge in [0.1, 0.15) is 5.82 Å². The van der Waals surface area contributed by atoms with Gasteiger partial charge in [-0.1, -0.05) is 60.7 Å². The lowest BCUT2D eigenvalue weighted by Crippen LogP contribution is -2.02. The number of fused-ring (bicyclic) bond motifs is 1. The first-order valence-electron chi connectivity index (χ1n) is 9.05. The minimum absolute atomic E-state index is 0.268. The van der Waals surface area contributed by atoms with E-state index in [0.29, 0.717) is 5.95 Å². The smallest absolute Gasteiger partial charge is 0.234 e. The van der Waals surface area contributed by atoms with Crippen LogP contribution in [0.5, 0.6) is 0 Å². The third-order valence-corrected chi connectivity index (χ3v) is 4.79. The van der Waals surface area contributed by atoms with Crippen LogP contribution in [0.1, 0.15) is 0 Å². The van der Waals surface area contributed by atoms with Crippen molar-refractivity contribution in [2.75, 3.05) is 0 Å². The number of hydrogen-bond donors (Lipinski definition) is 0. The van der Waals surface area contributed by atoms with Crippen molar-refractivity contribution >= 4 is 10.9 Å². The average Bonchev–Trinajstić information content (AvgIpc) is 3.10. The second-order valence-corrected chi connectivity index (χ2v) is 6.50. The molecule has 4 heteroatoms. The van der Waals surface area contributed by atoms with Crippen LogP contribution in [0, 0.1) is 5.82 Å². The Morgan fingerprint density at radius 3 is 2.00 bits per heavy atom. The molecule has 0 atom stereocenters. The lowest BCUT2D eigenvalue weighted by Gasteiger charge is -2.11. The van der Waals surface area contributed by atoms with E-state index in [4.69, 9.17) is 0 Å². The zero-order valence-electron chi connectivity index (χ0n) is 15.0. The second kappa shape index (κ2) is 6.74. The fourth-order valence-electron chi connectivity index (χ4n) is 3.64. The van der Waals surface area contributed by atoms with E-state index < -0.39 is 0 Å². The molecule has 0 unspecified atom stereocenters. The highest BCUT2D eigenvalue weighted by Gasteiger charge is 2.22. The maximum absolute atomic E-state index is 14.2. The summed E-state index contributed by atoms with van der Waals surface area (Å²) in [7, 11) is 0. The Morgan fingerprint density at radius 2 is 1.32 bits per heavy atom. The number of hydrogen-bond acceptors (Lipinski definition) is 2. The summed E-state index contributed by atoms with van der Waals surface area (Å²) in [5.74, 6) is 0.288. The van der Waals surface area contributed by atoms with Crippen molar-refractivity contribution in [2.24, 2.45) is 0 Å². The van der Waals surface area contributed by atoms with E-state index in [9.17, 15) is 4.39 Å². The molecule has 2 aromatic heterocycles. The van der Waals surface area contributed by atoms with Crippen molar-refractivity contribution in [1.82, 2.24) is 14.5 Å². The molecule has 0 amide bonds. The molecule has 0 saturated carbocycles. The molecule has 28 heavy (non-hydrogen) atoms. The van der Waals surface area contributed by atoms with Gasteiger partial charge in [0.15, 0.2) is 0 Å². The largest absolute Gasteiger partial charge is 0.277 e. The summed E-state index contributed by atoms with van der Waals surface area (Å²) in [6.07, 6.45) is 3.43. The molecule has 3 nitrogen and oxygen atoms in total. The zero-order valence-corrected chi connectivity index (χ0v) is 15.0. The maximum atomic E-state index is 14.2. The van der Waals surface area contributed by atoms with Crippen LogP contribution in [0.2, 0.25) is 0 Å². The Balaban J connectivity index is 1.98. The van der Waals surface area contributed by atoms with Gasteiger partial charge in [0.25, 0.3) is 0 Å². The van der Waals surface area contributed by atoms with Crippen molar-refractivity contribution in [3.8, 4) is 28.3 Å². The van der Waals surface area contributed by atoms with E-state index in [1.807, 2.05) is 53.1 Å². The van der Waals surface area contributed by atoms with Crippen molar-refractivity contribution in [3.63, 3.8) is 0 Å². The summed E-state index contributed by atoms with van der Waals surface area (Å²) in [4.78, 5) is 8.95. The fourth-order valence-corrected chi connectivity index (χ4v) is 3.64. The topological polar surface area (TPSA) is 30.7 Å². The predicted molar refractivity (Wildman–Crippen MR) is 110 cm³/mol. The van der Waals surface area contributed by atoms with Crippen LogP contribution in [-0.2, 0) is 0 Å². The molecular formula is C24H16FN3. The Bertz CT molecular complexity index is 1250.